The van der Waals surface area contributed by atoms with Crippen molar-refractivity contribution in [1.82, 2.24) is 25.1 Å². The van der Waals surface area contributed by atoms with Crippen LogP contribution in [0.4, 0.5) is 26.4 Å². The Bertz CT molecular complexity index is 937. The molecule has 1 fully saturated rings. The first kappa shape index (κ1) is 17.3. The van der Waals surface area contributed by atoms with E-state index in [1.54, 1.807) is 0 Å². The molecule has 1 saturated heterocycles. The molecule has 2 N–H and O–H groups in total. The summed E-state index contributed by atoms with van der Waals surface area (Å²) in [6, 6.07) is 7.13. The second-order valence-corrected chi connectivity index (χ2v) is 6.39. The van der Waals surface area contributed by atoms with Crippen LogP contribution in [0.2, 0.25) is 0 Å². The number of hydrogen-bond donors (Lipinski definition) is 2. The van der Waals surface area contributed by atoms with Gasteiger partial charge in [-0.2, -0.15) is 4.98 Å². The Kier molecular flexibility index (Phi) is 4.68. The average Bonchev–Trinajstić information content (AvgIpc) is 3.10. The number of nitrogens with one attached hydrogen (secondary N) is 2. The molecule has 1 aliphatic heterocycles. The molecule has 0 bridgehead atoms. The standard InChI is InChI=1S/C18H19F2N7.H2/c1-12-6-16(23-17(7-12)26-4-2-21-3-5-26)24-18-22-11-27(25-18)15-9-13(19)8-14(20)10-15;/h6-11,21H,2-5H2,1H3,(H,23,24,25);1H. The molecule has 1 aliphatic rings. The van der Waals surface area contributed by atoms with E-state index in [9.17, 15) is 8.78 Å². The highest BCUT2D eigenvalue weighted by atomic mass is 19.1. The second kappa shape index (κ2) is 7.28. The fraction of sp³-hybridized carbons (Fsp3) is 0.278. The van der Waals surface area contributed by atoms with Gasteiger partial charge in [0.2, 0.25) is 5.95 Å². The first-order valence-corrected chi connectivity index (χ1v) is 8.66. The van der Waals surface area contributed by atoms with E-state index in [2.05, 4.69) is 30.6 Å². The summed E-state index contributed by atoms with van der Waals surface area (Å²) in [5.74, 6) is 0.466. The molecular weight excluding hydrogens is 352 g/mol. The molecule has 0 unspecified atom stereocenters. The van der Waals surface area contributed by atoms with Crippen molar-refractivity contribution < 1.29 is 10.2 Å². The van der Waals surface area contributed by atoms with Crippen molar-refractivity contribution in [3.8, 4) is 5.69 Å². The molecule has 0 saturated carbocycles. The van der Waals surface area contributed by atoms with Crippen molar-refractivity contribution in [2.75, 3.05) is 36.4 Å². The maximum Gasteiger partial charge on any atom is 0.248 e. The van der Waals surface area contributed by atoms with Crippen molar-refractivity contribution >= 4 is 17.6 Å². The fourth-order valence-corrected chi connectivity index (χ4v) is 3.00. The third-order valence-electron chi connectivity index (χ3n) is 4.24. The second-order valence-electron chi connectivity index (χ2n) is 6.39. The molecule has 0 radical (unpaired) electrons. The van der Waals surface area contributed by atoms with Gasteiger partial charge in [-0.05, 0) is 36.8 Å². The normalized spacial score (nSPS) is 14.4. The van der Waals surface area contributed by atoms with Crippen LogP contribution in [0.1, 0.15) is 6.99 Å². The van der Waals surface area contributed by atoms with Gasteiger partial charge in [0.25, 0.3) is 0 Å². The highest BCUT2D eigenvalue weighted by molar-refractivity contribution is 5.55. The van der Waals surface area contributed by atoms with Crippen LogP contribution < -0.4 is 15.5 Å². The van der Waals surface area contributed by atoms with Crippen LogP contribution in [0.25, 0.3) is 5.69 Å². The predicted octanol–water partition coefficient (Wildman–Crippen LogP) is 2.65. The molecule has 3 heterocycles. The summed E-state index contributed by atoms with van der Waals surface area (Å²) in [5.41, 5.74) is 1.32. The van der Waals surface area contributed by atoms with E-state index in [1.165, 1.54) is 23.1 Å². The lowest BCUT2D eigenvalue weighted by Gasteiger charge is -2.28. The van der Waals surface area contributed by atoms with E-state index in [0.29, 0.717) is 11.8 Å². The van der Waals surface area contributed by atoms with Crippen LogP contribution in [0.5, 0.6) is 0 Å². The van der Waals surface area contributed by atoms with Crippen molar-refractivity contribution in [3.63, 3.8) is 0 Å². The van der Waals surface area contributed by atoms with Crippen LogP contribution in [0.3, 0.4) is 0 Å². The third-order valence-corrected chi connectivity index (χ3v) is 4.24. The van der Waals surface area contributed by atoms with Crippen molar-refractivity contribution in [3.05, 3.63) is 53.9 Å². The molecule has 2 aromatic heterocycles. The quantitative estimate of drug-likeness (QED) is 0.733. The smallest absolute Gasteiger partial charge is 0.248 e. The number of rotatable bonds is 4. The van der Waals surface area contributed by atoms with Gasteiger partial charge in [0.1, 0.15) is 29.6 Å². The number of halogens is 2. The summed E-state index contributed by atoms with van der Waals surface area (Å²) >= 11 is 0. The molecule has 27 heavy (non-hydrogen) atoms. The first-order chi connectivity index (χ1) is 13.1. The Labute approximate surface area is 156 Å². The molecule has 7 nitrogen and oxygen atoms in total. The number of aryl methyl sites for hydroxylation is 1. The highest BCUT2D eigenvalue weighted by Crippen LogP contribution is 2.20. The highest BCUT2D eigenvalue weighted by Gasteiger charge is 2.14. The summed E-state index contributed by atoms with van der Waals surface area (Å²) in [6.45, 7) is 5.64. The van der Waals surface area contributed by atoms with Gasteiger partial charge in [0, 0.05) is 33.7 Å². The Morgan fingerprint density at radius 1 is 1.07 bits per heavy atom. The number of anilines is 3. The molecule has 142 valence electrons. The minimum atomic E-state index is -0.670. The fourth-order valence-electron chi connectivity index (χ4n) is 3.00. The monoisotopic (exact) mass is 373 g/mol. The molecular formula is C18H21F2N7. The first-order valence-electron chi connectivity index (χ1n) is 8.66. The molecule has 0 spiro atoms. The zero-order chi connectivity index (χ0) is 18.8. The number of hydrogen-bond acceptors (Lipinski definition) is 6. The number of piperazine rings is 1. The molecule has 0 atom stereocenters. The lowest BCUT2D eigenvalue weighted by atomic mass is 10.2. The summed E-state index contributed by atoms with van der Waals surface area (Å²) < 4.78 is 28.1. The Balaban J connectivity index is 0.00000225. The Hall–Kier alpha value is -3.07. The number of pyridine rings is 1. The Morgan fingerprint density at radius 3 is 2.56 bits per heavy atom. The van der Waals surface area contributed by atoms with Crippen LogP contribution in [-0.2, 0) is 0 Å². The van der Waals surface area contributed by atoms with Gasteiger partial charge in [-0.1, -0.05) is 0 Å². The van der Waals surface area contributed by atoms with Gasteiger partial charge in [-0.25, -0.2) is 18.4 Å². The number of nitrogens with zero attached hydrogens (tertiary/aromatic N) is 5. The molecule has 4 rings (SSSR count). The van der Waals surface area contributed by atoms with Crippen molar-refractivity contribution in [2.24, 2.45) is 0 Å². The van der Waals surface area contributed by atoms with Crippen molar-refractivity contribution in [1.29, 1.82) is 0 Å². The van der Waals surface area contributed by atoms with E-state index in [1.807, 2.05) is 19.1 Å². The van der Waals surface area contributed by atoms with E-state index >= 15 is 0 Å². The molecule has 9 heteroatoms. The zero-order valence-corrected chi connectivity index (χ0v) is 14.8. The van der Waals surface area contributed by atoms with Gasteiger partial charge in [0.15, 0.2) is 0 Å². The molecule has 0 amide bonds. The summed E-state index contributed by atoms with van der Waals surface area (Å²) in [4.78, 5) is 11.0. The largest absolute Gasteiger partial charge is 0.354 e. The van der Waals surface area contributed by atoms with Gasteiger partial charge in [-0.3, -0.25) is 0 Å². The molecule has 0 aliphatic carbocycles. The van der Waals surface area contributed by atoms with E-state index in [0.717, 1.165) is 43.6 Å². The lowest BCUT2D eigenvalue weighted by Crippen LogP contribution is -2.43. The minimum absolute atomic E-state index is 0. The summed E-state index contributed by atoms with van der Waals surface area (Å²) in [6.07, 6.45) is 1.39. The van der Waals surface area contributed by atoms with Gasteiger partial charge in [-0.15, -0.1) is 5.10 Å². The summed E-state index contributed by atoms with van der Waals surface area (Å²) in [7, 11) is 0. The van der Waals surface area contributed by atoms with Gasteiger partial charge in [0.05, 0.1) is 5.69 Å². The zero-order valence-electron chi connectivity index (χ0n) is 14.8. The molecule has 1 aromatic carbocycles. The molecule has 3 aromatic rings. The van der Waals surface area contributed by atoms with Crippen LogP contribution in [0, 0.1) is 18.6 Å². The van der Waals surface area contributed by atoms with E-state index in [4.69, 9.17) is 0 Å². The minimum Gasteiger partial charge on any atom is -0.354 e. The van der Waals surface area contributed by atoms with Crippen LogP contribution >= 0.6 is 0 Å². The van der Waals surface area contributed by atoms with E-state index in [-0.39, 0.29) is 7.11 Å². The lowest BCUT2D eigenvalue weighted by molar-refractivity contribution is 0.580. The van der Waals surface area contributed by atoms with Gasteiger partial charge < -0.3 is 15.5 Å². The average molecular weight is 373 g/mol. The van der Waals surface area contributed by atoms with Crippen LogP contribution in [0.15, 0.2) is 36.7 Å². The predicted molar refractivity (Wildman–Crippen MR) is 101 cm³/mol. The third kappa shape index (κ3) is 4.03. The Morgan fingerprint density at radius 2 is 1.81 bits per heavy atom. The number of aromatic nitrogens is 4. The maximum absolute atomic E-state index is 13.4. The van der Waals surface area contributed by atoms with Crippen molar-refractivity contribution in [2.45, 2.75) is 6.92 Å². The van der Waals surface area contributed by atoms with Gasteiger partial charge >= 0.3 is 0 Å². The van der Waals surface area contributed by atoms with Crippen LogP contribution in [-0.4, -0.2) is 45.9 Å². The van der Waals surface area contributed by atoms with E-state index < -0.39 is 11.6 Å². The maximum atomic E-state index is 13.4. The topological polar surface area (TPSA) is 70.9 Å². The number of benzene rings is 1. The summed E-state index contributed by atoms with van der Waals surface area (Å²) in [5, 5.41) is 10.6. The SMILES string of the molecule is Cc1cc(Nc2ncn(-c3cc(F)cc(F)c3)n2)nc(N2CCNCC2)c1.[HH].